The van der Waals surface area contributed by atoms with Crippen LogP contribution in [0.1, 0.15) is 34.6 Å². The van der Waals surface area contributed by atoms with Crippen LogP contribution in [0.15, 0.2) is 0 Å². The predicted molar refractivity (Wildman–Crippen MR) is 81.4 cm³/mol. The molecule has 1 rings (SSSR count). The van der Waals surface area contributed by atoms with E-state index < -0.39 is 0 Å². The van der Waals surface area contributed by atoms with E-state index in [4.69, 9.17) is 0 Å². The molecule has 0 radical (unpaired) electrons. The van der Waals surface area contributed by atoms with Crippen LogP contribution in [0.25, 0.3) is 0 Å². The molecule has 94 valence electrons. The lowest BCUT2D eigenvalue weighted by molar-refractivity contribution is 0.782. The van der Waals surface area contributed by atoms with Gasteiger partial charge in [0.05, 0.1) is 0 Å². The summed E-state index contributed by atoms with van der Waals surface area (Å²) in [5.41, 5.74) is 0. The average Bonchev–Trinajstić information content (AvgIpc) is 2.08. The van der Waals surface area contributed by atoms with Crippen molar-refractivity contribution in [1.82, 2.24) is 0 Å². The molecule has 0 unspecified atom stereocenters. The molecule has 0 aromatic heterocycles. The maximum absolute atomic E-state index is 2.59. The summed E-state index contributed by atoms with van der Waals surface area (Å²) in [6.45, 7) is 12.2. The lowest BCUT2D eigenvalue weighted by Gasteiger charge is -2.57. The van der Waals surface area contributed by atoms with Gasteiger partial charge in [-0.05, 0) is 45.5 Å². The van der Waals surface area contributed by atoms with Gasteiger partial charge in [-0.15, -0.1) is 0 Å². The summed E-state index contributed by atoms with van der Waals surface area (Å²) < 4.78 is 0.560. The molecular formula is C13H30S2. The first-order chi connectivity index (χ1) is 6.61. The van der Waals surface area contributed by atoms with Crippen LogP contribution in [-0.2, 0) is 0 Å². The van der Waals surface area contributed by atoms with Crippen LogP contribution in [0.2, 0.25) is 0 Å². The zero-order valence-corrected chi connectivity index (χ0v) is 13.4. The Bertz CT molecular complexity index is 217. The monoisotopic (exact) mass is 250 g/mol. The molecule has 0 N–H and O–H groups in total. The molecule has 1 aliphatic rings. The van der Waals surface area contributed by atoms with E-state index in [9.17, 15) is 0 Å². The second-order valence-corrected chi connectivity index (χ2v) is 15.7. The Morgan fingerprint density at radius 2 is 1.27 bits per heavy atom. The Labute approximate surface area is 100 Å². The lowest BCUT2D eigenvalue weighted by Crippen LogP contribution is -2.38. The fourth-order valence-electron chi connectivity index (χ4n) is 2.04. The van der Waals surface area contributed by atoms with E-state index in [1.54, 1.807) is 0 Å². The molecule has 0 aromatic carbocycles. The molecule has 0 aromatic rings. The zero-order chi connectivity index (χ0) is 11.9. The quantitative estimate of drug-likeness (QED) is 0.658. The van der Waals surface area contributed by atoms with Crippen molar-refractivity contribution < 1.29 is 0 Å². The minimum Gasteiger partial charge on any atom is -0.240 e. The third-order valence-corrected chi connectivity index (χ3v) is 14.9. The summed E-state index contributed by atoms with van der Waals surface area (Å²) in [6.07, 6.45) is 5.17. The number of hydrogen-bond donors (Lipinski definition) is 0. The molecule has 0 saturated carbocycles. The summed E-state index contributed by atoms with van der Waals surface area (Å²) in [4.78, 5) is 0. The summed E-state index contributed by atoms with van der Waals surface area (Å²) in [7, 11) is -0.607. The second-order valence-electron chi connectivity index (χ2n) is 6.60. The molecule has 0 aliphatic carbocycles. The van der Waals surface area contributed by atoms with Gasteiger partial charge < -0.3 is 0 Å². The largest absolute Gasteiger partial charge is 0.240 e. The minimum atomic E-state index is -0.340. The molecule has 0 atom stereocenters. The van der Waals surface area contributed by atoms with Gasteiger partial charge in [0.15, 0.2) is 0 Å². The van der Waals surface area contributed by atoms with Gasteiger partial charge in [0.1, 0.15) is 0 Å². The van der Waals surface area contributed by atoms with Crippen LogP contribution in [0.4, 0.5) is 0 Å². The smallest absolute Gasteiger partial charge is 0.00841 e. The van der Waals surface area contributed by atoms with Crippen molar-refractivity contribution in [3.8, 4) is 0 Å². The van der Waals surface area contributed by atoms with Crippen LogP contribution in [-0.4, -0.2) is 45.5 Å². The van der Waals surface area contributed by atoms with E-state index in [1.807, 2.05) is 0 Å². The normalized spacial score (nSPS) is 46.9. The molecule has 1 aliphatic heterocycles. The standard InChI is InChI=1S/C13H30S2/c1-12(2)14(6)8-10-15(7,11-9-14)13(3,4)5/h12H,8-11H2,1-7H3. The predicted octanol–water partition coefficient (Wildman–Crippen LogP) is 4.08. The van der Waals surface area contributed by atoms with Gasteiger partial charge in [-0.3, -0.25) is 0 Å². The zero-order valence-electron chi connectivity index (χ0n) is 11.7. The fraction of sp³-hybridized carbons (Fsp3) is 1.00. The van der Waals surface area contributed by atoms with Crippen molar-refractivity contribution in [2.75, 3.05) is 35.5 Å². The van der Waals surface area contributed by atoms with Crippen molar-refractivity contribution in [3.05, 3.63) is 0 Å². The molecule has 0 nitrogen and oxygen atoms in total. The van der Waals surface area contributed by atoms with Crippen molar-refractivity contribution in [2.24, 2.45) is 0 Å². The molecule has 0 bridgehead atoms. The van der Waals surface area contributed by atoms with E-state index in [2.05, 4.69) is 47.1 Å². The van der Waals surface area contributed by atoms with Crippen LogP contribution < -0.4 is 0 Å². The molecule has 2 heteroatoms. The molecule has 0 amide bonds. The Morgan fingerprint density at radius 3 is 1.53 bits per heavy atom. The maximum atomic E-state index is 2.59. The van der Waals surface area contributed by atoms with Crippen molar-refractivity contribution in [2.45, 2.75) is 44.6 Å². The first kappa shape index (κ1) is 13.8. The highest BCUT2D eigenvalue weighted by atomic mass is 32.3. The Balaban J connectivity index is 2.71. The maximum Gasteiger partial charge on any atom is -0.00841 e. The molecule has 1 saturated heterocycles. The third-order valence-electron chi connectivity index (χ3n) is 4.62. The lowest BCUT2D eigenvalue weighted by atomic mass is 10.3. The summed E-state index contributed by atoms with van der Waals surface area (Å²) in [5, 5.41) is 0.932. The first-order valence-corrected chi connectivity index (χ1v) is 10.9. The van der Waals surface area contributed by atoms with Gasteiger partial charge in [-0.25, -0.2) is 20.1 Å². The van der Waals surface area contributed by atoms with Crippen LogP contribution in [0.3, 0.4) is 0 Å². The van der Waals surface area contributed by atoms with E-state index in [0.29, 0.717) is 4.75 Å². The van der Waals surface area contributed by atoms with Crippen molar-refractivity contribution >= 4 is 20.1 Å². The van der Waals surface area contributed by atoms with E-state index in [0.717, 1.165) is 5.25 Å². The highest BCUT2D eigenvalue weighted by Crippen LogP contribution is 2.65. The van der Waals surface area contributed by atoms with E-state index >= 15 is 0 Å². The SMILES string of the molecule is CC(C)S1(C)CCS(C)(C(C)(C)C)CC1. The average molecular weight is 251 g/mol. The van der Waals surface area contributed by atoms with E-state index in [-0.39, 0.29) is 20.1 Å². The van der Waals surface area contributed by atoms with Crippen LogP contribution in [0.5, 0.6) is 0 Å². The molecule has 1 heterocycles. The second kappa shape index (κ2) is 4.18. The van der Waals surface area contributed by atoms with Gasteiger partial charge >= 0.3 is 0 Å². The fourth-order valence-corrected chi connectivity index (χ4v) is 10.6. The Kier molecular flexibility index (Phi) is 3.83. The molecule has 15 heavy (non-hydrogen) atoms. The van der Waals surface area contributed by atoms with Gasteiger partial charge in [-0.1, -0.05) is 34.6 Å². The summed E-state index contributed by atoms with van der Waals surface area (Å²) in [6, 6.07) is 0. The highest BCUT2D eigenvalue weighted by molar-refractivity contribution is 8.39. The molecule has 1 fully saturated rings. The Hall–Kier alpha value is 0.700. The van der Waals surface area contributed by atoms with Crippen LogP contribution >= 0.6 is 20.1 Å². The summed E-state index contributed by atoms with van der Waals surface area (Å²) >= 11 is 0. The van der Waals surface area contributed by atoms with Crippen LogP contribution in [0, 0.1) is 0 Å². The van der Waals surface area contributed by atoms with Gasteiger partial charge in [0, 0.05) is 0 Å². The topological polar surface area (TPSA) is 0 Å². The van der Waals surface area contributed by atoms with Crippen molar-refractivity contribution in [1.29, 1.82) is 0 Å². The Morgan fingerprint density at radius 1 is 0.867 bits per heavy atom. The number of rotatable bonds is 1. The van der Waals surface area contributed by atoms with Gasteiger partial charge in [0.2, 0.25) is 0 Å². The highest BCUT2D eigenvalue weighted by Gasteiger charge is 2.39. The minimum absolute atomic E-state index is 0.267. The third kappa shape index (κ3) is 2.69. The first-order valence-electron chi connectivity index (χ1n) is 6.07. The number of hydrogen-bond acceptors (Lipinski definition) is 0. The van der Waals surface area contributed by atoms with Gasteiger partial charge in [-0.2, -0.15) is 0 Å². The van der Waals surface area contributed by atoms with E-state index in [1.165, 1.54) is 23.0 Å². The molecule has 0 spiro atoms. The summed E-state index contributed by atoms with van der Waals surface area (Å²) in [5.74, 6) is 6.13. The van der Waals surface area contributed by atoms with Crippen molar-refractivity contribution in [3.63, 3.8) is 0 Å². The molecular weight excluding hydrogens is 220 g/mol. The van der Waals surface area contributed by atoms with Gasteiger partial charge in [0.25, 0.3) is 0 Å².